The SMILES string of the molecule is O=C(CCC1CNC(=O)C2CC(NS(=O)(=O)c3cccs3)CN12)NC1CC1. The number of carbonyl (C=O) groups excluding carboxylic acids is 2. The van der Waals surface area contributed by atoms with Gasteiger partial charge in [0.05, 0.1) is 6.04 Å². The van der Waals surface area contributed by atoms with Crippen molar-refractivity contribution in [3.8, 4) is 0 Å². The fraction of sp³-hybridized carbons (Fsp3) is 0.647. The van der Waals surface area contributed by atoms with Crippen molar-refractivity contribution >= 4 is 33.2 Å². The number of carbonyl (C=O) groups is 2. The van der Waals surface area contributed by atoms with Gasteiger partial charge in [-0.1, -0.05) is 6.07 Å². The molecule has 8 nitrogen and oxygen atoms in total. The standard InChI is InChI=1S/C17H24N4O4S2/c22-15(19-11-3-4-11)6-5-13-9-18-17(23)14-8-12(10-21(13)14)20-27(24,25)16-2-1-7-26-16/h1-2,7,11-14,20H,3-6,8-10H2,(H,18,23)(H,19,22). The van der Waals surface area contributed by atoms with Gasteiger partial charge >= 0.3 is 0 Å². The predicted molar refractivity (Wildman–Crippen MR) is 101 cm³/mol. The third-order valence-electron chi connectivity index (χ3n) is 5.35. The molecule has 1 saturated carbocycles. The molecule has 2 amide bonds. The maximum absolute atomic E-state index is 12.5. The number of rotatable bonds is 7. The molecule has 27 heavy (non-hydrogen) atoms. The zero-order valence-corrected chi connectivity index (χ0v) is 16.5. The van der Waals surface area contributed by atoms with Crippen molar-refractivity contribution in [2.75, 3.05) is 13.1 Å². The van der Waals surface area contributed by atoms with Gasteiger partial charge in [0.1, 0.15) is 4.21 Å². The van der Waals surface area contributed by atoms with Crippen LogP contribution < -0.4 is 15.4 Å². The summed E-state index contributed by atoms with van der Waals surface area (Å²) in [5.74, 6) is -0.00778. The van der Waals surface area contributed by atoms with Crippen LogP contribution in [-0.4, -0.2) is 62.4 Å². The second kappa shape index (κ2) is 7.50. The van der Waals surface area contributed by atoms with Gasteiger partial charge in [0.25, 0.3) is 0 Å². The van der Waals surface area contributed by atoms with Crippen LogP contribution >= 0.6 is 11.3 Å². The smallest absolute Gasteiger partial charge is 0.250 e. The normalized spacial score (nSPS) is 28.6. The Kier molecular flexibility index (Phi) is 5.23. The Bertz CT molecular complexity index is 807. The summed E-state index contributed by atoms with van der Waals surface area (Å²) in [5, 5.41) is 7.61. The number of hydrogen-bond acceptors (Lipinski definition) is 6. The van der Waals surface area contributed by atoms with Crippen molar-refractivity contribution in [3.05, 3.63) is 17.5 Å². The van der Waals surface area contributed by atoms with Gasteiger partial charge < -0.3 is 10.6 Å². The van der Waals surface area contributed by atoms with E-state index in [4.69, 9.17) is 0 Å². The Morgan fingerprint density at radius 1 is 1.33 bits per heavy atom. The quantitative estimate of drug-likeness (QED) is 0.586. The maximum Gasteiger partial charge on any atom is 0.250 e. The van der Waals surface area contributed by atoms with E-state index in [0.29, 0.717) is 38.4 Å². The lowest BCUT2D eigenvalue weighted by atomic mass is 10.0. The fourth-order valence-corrected chi connectivity index (χ4v) is 6.10. The van der Waals surface area contributed by atoms with Crippen LogP contribution in [0.1, 0.15) is 32.1 Å². The molecule has 1 aromatic rings. The van der Waals surface area contributed by atoms with Crippen molar-refractivity contribution in [1.29, 1.82) is 0 Å². The van der Waals surface area contributed by atoms with Crippen LogP contribution in [0.5, 0.6) is 0 Å². The molecule has 0 aromatic carbocycles. The molecule has 3 heterocycles. The van der Waals surface area contributed by atoms with Crippen LogP contribution in [0, 0.1) is 0 Å². The number of amides is 2. The third-order valence-corrected chi connectivity index (χ3v) is 8.27. The van der Waals surface area contributed by atoms with Gasteiger partial charge in [-0.05, 0) is 37.1 Å². The zero-order chi connectivity index (χ0) is 19.0. The van der Waals surface area contributed by atoms with E-state index in [-0.39, 0.29) is 34.1 Å². The lowest BCUT2D eigenvalue weighted by molar-refractivity contribution is -0.129. The Morgan fingerprint density at radius 2 is 2.15 bits per heavy atom. The monoisotopic (exact) mass is 412 g/mol. The number of nitrogens with zero attached hydrogens (tertiary/aromatic N) is 1. The van der Waals surface area contributed by atoms with Gasteiger partial charge in [0.15, 0.2) is 0 Å². The van der Waals surface area contributed by atoms with E-state index in [9.17, 15) is 18.0 Å². The first-order valence-electron chi connectivity index (χ1n) is 9.31. The van der Waals surface area contributed by atoms with Crippen LogP contribution in [0.2, 0.25) is 0 Å². The van der Waals surface area contributed by atoms with Gasteiger partial charge in [-0.3, -0.25) is 14.5 Å². The van der Waals surface area contributed by atoms with Crippen molar-refractivity contribution in [3.63, 3.8) is 0 Å². The molecule has 0 radical (unpaired) electrons. The van der Waals surface area contributed by atoms with E-state index in [2.05, 4.69) is 20.3 Å². The molecule has 0 spiro atoms. The van der Waals surface area contributed by atoms with Crippen LogP contribution in [0.4, 0.5) is 0 Å². The molecule has 148 valence electrons. The molecule has 1 aromatic heterocycles. The van der Waals surface area contributed by atoms with Crippen molar-refractivity contribution < 1.29 is 18.0 Å². The molecule has 3 atom stereocenters. The van der Waals surface area contributed by atoms with Crippen molar-refractivity contribution in [1.82, 2.24) is 20.3 Å². The summed E-state index contributed by atoms with van der Waals surface area (Å²) in [6.45, 7) is 0.980. The molecule has 3 unspecified atom stereocenters. The summed E-state index contributed by atoms with van der Waals surface area (Å²) >= 11 is 1.17. The lowest BCUT2D eigenvalue weighted by Crippen LogP contribution is -2.58. The summed E-state index contributed by atoms with van der Waals surface area (Å²) < 4.78 is 28.0. The highest BCUT2D eigenvalue weighted by Crippen LogP contribution is 2.27. The number of hydrogen-bond donors (Lipinski definition) is 3. The largest absolute Gasteiger partial charge is 0.353 e. The minimum Gasteiger partial charge on any atom is -0.353 e. The summed E-state index contributed by atoms with van der Waals surface area (Å²) in [4.78, 5) is 26.3. The average molecular weight is 413 g/mol. The molecule has 3 fully saturated rings. The first kappa shape index (κ1) is 18.9. The average Bonchev–Trinajstić information content (AvgIpc) is 3.11. The highest BCUT2D eigenvalue weighted by molar-refractivity contribution is 7.91. The summed E-state index contributed by atoms with van der Waals surface area (Å²) in [6, 6.07) is 3.02. The molecule has 2 aliphatic heterocycles. The van der Waals surface area contributed by atoms with Gasteiger partial charge in [0.2, 0.25) is 21.8 Å². The number of thiophene rings is 1. The van der Waals surface area contributed by atoms with Gasteiger partial charge in [-0.2, -0.15) is 0 Å². The summed E-state index contributed by atoms with van der Waals surface area (Å²) in [5.41, 5.74) is 0. The molecule has 10 heteroatoms. The van der Waals surface area contributed by atoms with Gasteiger partial charge in [-0.25, -0.2) is 13.1 Å². The number of sulfonamides is 1. The summed E-state index contributed by atoms with van der Waals surface area (Å²) in [7, 11) is -3.56. The lowest BCUT2D eigenvalue weighted by Gasteiger charge is -2.37. The minimum atomic E-state index is -3.56. The topological polar surface area (TPSA) is 108 Å². The zero-order valence-electron chi connectivity index (χ0n) is 14.9. The number of nitrogens with one attached hydrogen (secondary N) is 3. The molecular weight excluding hydrogens is 388 g/mol. The van der Waals surface area contributed by atoms with E-state index in [1.807, 2.05) is 0 Å². The van der Waals surface area contributed by atoms with Gasteiger partial charge in [0, 0.05) is 37.6 Å². The minimum absolute atomic E-state index is 0.0499. The third kappa shape index (κ3) is 4.34. The number of fused-ring (bicyclic) bond motifs is 1. The van der Waals surface area contributed by atoms with E-state index in [1.54, 1.807) is 17.5 Å². The molecule has 2 saturated heterocycles. The van der Waals surface area contributed by atoms with Crippen LogP contribution in [-0.2, 0) is 19.6 Å². The second-order valence-electron chi connectivity index (χ2n) is 7.48. The molecular formula is C17H24N4O4S2. The predicted octanol–water partition coefficient (Wildman–Crippen LogP) is 0.0265. The van der Waals surface area contributed by atoms with E-state index in [1.165, 1.54) is 11.3 Å². The summed E-state index contributed by atoms with van der Waals surface area (Å²) in [6.07, 6.45) is 3.64. The van der Waals surface area contributed by atoms with Crippen LogP contribution in [0.15, 0.2) is 21.7 Å². The second-order valence-corrected chi connectivity index (χ2v) is 10.4. The Balaban J connectivity index is 1.37. The molecule has 3 aliphatic rings. The van der Waals surface area contributed by atoms with E-state index < -0.39 is 10.0 Å². The molecule has 1 aliphatic carbocycles. The highest BCUT2D eigenvalue weighted by atomic mass is 32.2. The first-order chi connectivity index (χ1) is 12.9. The Labute approximate surface area is 162 Å². The molecule has 4 rings (SSSR count). The molecule has 0 bridgehead atoms. The van der Waals surface area contributed by atoms with Crippen molar-refractivity contribution in [2.24, 2.45) is 0 Å². The van der Waals surface area contributed by atoms with Gasteiger partial charge in [-0.15, -0.1) is 11.3 Å². The van der Waals surface area contributed by atoms with Crippen LogP contribution in [0.3, 0.4) is 0 Å². The van der Waals surface area contributed by atoms with E-state index >= 15 is 0 Å². The molecule has 3 N–H and O–H groups in total. The highest BCUT2D eigenvalue weighted by Gasteiger charge is 2.44. The van der Waals surface area contributed by atoms with Crippen molar-refractivity contribution in [2.45, 2.75) is 60.5 Å². The fourth-order valence-electron chi connectivity index (χ4n) is 3.85. The van der Waals surface area contributed by atoms with E-state index in [0.717, 1.165) is 12.8 Å². The van der Waals surface area contributed by atoms with Crippen LogP contribution in [0.25, 0.3) is 0 Å². The maximum atomic E-state index is 12.5. The first-order valence-corrected chi connectivity index (χ1v) is 11.7. The Hall–Kier alpha value is -1.49. The Morgan fingerprint density at radius 3 is 2.85 bits per heavy atom. The number of piperazine rings is 1.